The monoisotopic (exact) mass is 267 g/mol. The summed E-state index contributed by atoms with van der Waals surface area (Å²) in [5, 5.41) is 3.33. The maximum Gasteiger partial charge on any atom is 0.170 e. The molecule has 1 fully saturated rings. The van der Waals surface area contributed by atoms with Gasteiger partial charge in [-0.05, 0) is 25.3 Å². The predicted molar refractivity (Wildman–Crippen MR) is 73.8 cm³/mol. The van der Waals surface area contributed by atoms with Gasteiger partial charge in [0.15, 0.2) is 11.6 Å². The SMILES string of the molecule is COCCCN(C)c1nccc(CNC2CC2)c1F. The maximum absolute atomic E-state index is 14.3. The Morgan fingerprint density at radius 1 is 1.53 bits per heavy atom. The molecule has 106 valence electrons. The fourth-order valence-corrected chi connectivity index (χ4v) is 1.97. The minimum atomic E-state index is -0.212. The van der Waals surface area contributed by atoms with Gasteiger partial charge in [-0.25, -0.2) is 9.37 Å². The highest BCUT2D eigenvalue weighted by Crippen LogP contribution is 2.22. The van der Waals surface area contributed by atoms with Crippen LogP contribution in [0, 0.1) is 5.82 Å². The molecular weight excluding hydrogens is 245 g/mol. The number of nitrogens with one attached hydrogen (secondary N) is 1. The quantitative estimate of drug-likeness (QED) is 0.731. The lowest BCUT2D eigenvalue weighted by Gasteiger charge is -2.19. The molecule has 1 aliphatic carbocycles. The predicted octanol–water partition coefficient (Wildman–Crippen LogP) is 1.95. The van der Waals surface area contributed by atoms with Crippen molar-refractivity contribution in [3.8, 4) is 0 Å². The van der Waals surface area contributed by atoms with Gasteiger partial charge >= 0.3 is 0 Å². The fraction of sp³-hybridized carbons (Fsp3) is 0.643. The van der Waals surface area contributed by atoms with E-state index < -0.39 is 0 Å². The number of aromatic nitrogens is 1. The number of ether oxygens (including phenoxy) is 1. The highest BCUT2D eigenvalue weighted by molar-refractivity contribution is 5.42. The molecule has 0 bridgehead atoms. The van der Waals surface area contributed by atoms with Gasteiger partial charge in [-0.3, -0.25) is 0 Å². The van der Waals surface area contributed by atoms with Gasteiger partial charge in [0.2, 0.25) is 0 Å². The molecule has 1 N–H and O–H groups in total. The van der Waals surface area contributed by atoms with Crippen LogP contribution < -0.4 is 10.2 Å². The molecule has 5 heteroatoms. The van der Waals surface area contributed by atoms with Crippen LogP contribution in [0.1, 0.15) is 24.8 Å². The smallest absolute Gasteiger partial charge is 0.170 e. The van der Waals surface area contributed by atoms with Gasteiger partial charge < -0.3 is 15.0 Å². The van der Waals surface area contributed by atoms with Gasteiger partial charge in [0, 0.05) is 51.7 Å². The van der Waals surface area contributed by atoms with E-state index in [2.05, 4.69) is 10.3 Å². The van der Waals surface area contributed by atoms with Gasteiger partial charge in [-0.15, -0.1) is 0 Å². The Morgan fingerprint density at radius 3 is 3.00 bits per heavy atom. The zero-order valence-corrected chi connectivity index (χ0v) is 11.7. The third-order valence-corrected chi connectivity index (χ3v) is 3.31. The van der Waals surface area contributed by atoms with Gasteiger partial charge in [-0.2, -0.15) is 0 Å². The largest absolute Gasteiger partial charge is 0.385 e. The standard InChI is InChI=1S/C14H22FN3O/c1-18(8-3-9-19-2)14-13(15)11(6-7-16-14)10-17-12-4-5-12/h6-7,12,17H,3-5,8-10H2,1-2H3. The van der Waals surface area contributed by atoms with Crippen molar-refractivity contribution in [3.63, 3.8) is 0 Å². The average Bonchev–Trinajstić information content (AvgIpc) is 3.22. The van der Waals surface area contributed by atoms with Crippen LogP contribution in [0.25, 0.3) is 0 Å². The molecule has 1 aliphatic rings. The van der Waals surface area contributed by atoms with Crippen molar-refractivity contribution in [2.45, 2.75) is 31.8 Å². The lowest BCUT2D eigenvalue weighted by atomic mass is 10.2. The molecule has 19 heavy (non-hydrogen) atoms. The summed E-state index contributed by atoms with van der Waals surface area (Å²) in [4.78, 5) is 5.98. The van der Waals surface area contributed by atoms with E-state index in [0.717, 1.165) is 13.0 Å². The Hall–Kier alpha value is -1.20. The second-order valence-corrected chi connectivity index (χ2v) is 5.03. The first-order chi connectivity index (χ1) is 9.22. The number of methoxy groups -OCH3 is 1. The average molecular weight is 267 g/mol. The molecule has 2 rings (SSSR count). The van der Waals surface area contributed by atoms with E-state index >= 15 is 0 Å². The summed E-state index contributed by atoms with van der Waals surface area (Å²) in [6.07, 6.45) is 4.95. The highest BCUT2D eigenvalue weighted by atomic mass is 19.1. The Labute approximate surface area is 114 Å². The Kier molecular flexibility index (Phi) is 5.10. The Balaban J connectivity index is 1.96. The lowest BCUT2D eigenvalue weighted by molar-refractivity contribution is 0.196. The van der Waals surface area contributed by atoms with Crippen LogP contribution in [-0.4, -0.2) is 38.3 Å². The van der Waals surface area contributed by atoms with Gasteiger partial charge in [0.25, 0.3) is 0 Å². The molecule has 0 aliphatic heterocycles. The molecule has 1 aromatic heterocycles. The molecule has 1 saturated carbocycles. The lowest BCUT2D eigenvalue weighted by Crippen LogP contribution is -2.23. The third-order valence-electron chi connectivity index (χ3n) is 3.31. The van der Waals surface area contributed by atoms with E-state index in [1.807, 2.05) is 11.9 Å². The van der Waals surface area contributed by atoms with Crippen LogP contribution in [0.4, 0.5) is 10.2 Å². The van der Waals surface area contributed by atoms with Crippen molar-refractivity contribution in [1.82, 2.24) is 10.3 Å². The van der Waals surface area contributed by atoms with Crippen LogP contribution in [-0.2, 0) is 11.3 Å². The zero-order chi connectivity index (χ0) is 13.7. The van der Waals surface area contributed by atoms with Crippen LogP contribution in [0.2, 0.25) is 0 Å². The molecule has 0 spiro atoms. The van der Waals surface area contributed by atoms with Crippen molar-refractivity contribution >= 4 is 5.82 Å². The Morgan fingerprint density at radius 2 is 2.32 bits per heavy atom. The van der Waals surface area contributed by atoms with Gasteiger partial charge in [0.1, 0.15) is 0 Å². The first kappa shape index (κ1) is 14.2. The van der Waals surface area contributed by atoms with Crippen molar-refractivity contribution in [2.75, 3.05) is 32.2 Å². The van der Waals surface area contributed by atoms with Crippen molar-refractivity contribution < 1.29 is 9.13 Å². The number of hydrogen-bond donors (Lipinski definition) is 1. The molecule has 0 saturated heterocycles. The number of hydrogen-bond acceptors (Lipinski definition) is 4. The molecule has 0 atom stereocenters. The number of anilines is 1. The summed E-state index contributed by atoms with van der Waals surface area (Å²) >= 11 is 0. The minimum absolute atomic E-state index is 0.212. The van der Waals surface area contributed by atoms with Crippen LogP contribution in [0.15, 0.2) is 12.3 Å². The zero-order valence-electron chi connectivity index (χ0n) is 11.7. The van der Waals surface area contributed by atoms with E-state index in [-0.39, 0.29) is 5.82 Å². The normalized spacial score (nSPS) is 14.7. The highest BCUT2D eigenvalue weighted by Gasteiger charge is 2.21. The van der Waals surface area contributed by atoms with E-state index in [1.54, 1.807) is 19.4 Å². The molecule has 0 unspecified atom stereocenters. The molecule has 1 heterocycles. The summed E-state index contributed by atoms with van der Waals surface area (Å²) < 4.78 is 19.3. The topological polar surface area (TPSA) is 37.4 Å². The first-order valence-electron chi connectivity index (χ1n) is 6.79. The van der Waals surface area contributed by atoms with Gasteiger partial charge in [0.05, 0.1) is 0 Å². The molecule has 4 nitrogen and oxygen atoms in total. The maximum atomic E-state index is 14.3. The van der Waals surface area contributed by atoms with Crippen molar-refractivity contribution in [3.05, 3.63) is 23.6 Å². The summed E-state index contributed by atoms with van der Waals surface area (Å²) in [5.41, 5.74) is 0.690. The van der Waals surface area contributed by atoms with Crippen LogP contribution in [0.5, 0.6) is 0 Å². The van der Waals surface area contributed by atoms with E-state index in [4.69, 9.17) is 4.74 Å². The van der Waals surface area contributed by atoms with E-state index in [9.17, 15) is 4.39 Å². The second-order valence-electron chi connectivity index (χ2n) is 5.03. The van der Waals surface area contributed by atoms with Crippen molar-refractivity contribution in [1.29, 1.82) is 0 Å². The van der Waals surface area contributed by atoms with Crippen LogP contribution >= 0.6 is 0 Å². The molecule has 0 radical (unpaired) electrons. The summed E-state index contributed by atoms with van der Waals surface area (Å²) in [7, 11) is 3.53. The minimum Gasteiger partial charge on any atom is -0.385 e. The van der Waals surface area contributed by atoms with E-state index in [0.29, 0.717) is 30.6 Å². The number of nitrogens with zero attached hydrogens (tertiary/aromatic N) is 2. The summed E-state index contributed by atoms with van der Waals surface area (Å²) in [6, 6.07) is 2.33. The van der Waals surface area contributed by atoms with Crippen LogP contribution in [0.3, 0.4) is 0 Å². The fourth-order valence-electron chi connectivity index (χ4n) is 1.97. The first-order valence-corrected chi connectivity index (χ1v) is 6.79. The van der Waals surface area contributed by atoms with E-state index in [1.165, 1.54) is 12.8 Å². The number of rotatable bonds is 8. The van der Waals surface area contributed by atoms with Gasteiger partial charge in [-0.1, -0.05) is 0 Å². The molecule has 0 amide bonds. The summed E-state index contributed by atoms with van der Waals surface area (Å²) in [5.74, 6) is 0.210. The number of halogens is 1. The molecular formula is C14H22FN3O. The molecule has 0 aromatic carbocycles. The van der Waals surface area contributed by atoms with Crippen molar-refractivity contribution in [2.24, 2.45) is 0 Å². The summed E-state index contributed by atoms with van der Waals surface area (Å²) in [6.45, 7) is 1.99. The third kappa shape index (κ3) is 4.14. The molecule has 1 aromatic rings. The second kappa shape index (κ2) is 6.82. The number of pyridine rings is 1. The Bertz CT molecular complexity index is 410.